The van der Waals surface area contributed by atoms with Crippen LogP contribution in [0.25, 0.3) is 0 Å². The van der Waals surface area contributed by atoms with Gasteiger partial charge in [-0.25, -0.2) is 0 Å². The fourth-order valence-electron chi connectivity index (χ4n) is 1.13. The van der Waals surface area contributed by atoms with Gasteiger partial charge in [0, 0.05) is 0 Å². The minimum absolute atomic E-state index is 0.429. The van der Waals surface area contributed by atoms with Crippen LogP contribution in [0.15, 0.2) is 0 Å². The van der Waals surface area contributed by atoms with Gasteiger partial charge in [0.05, 0.1) is 6.04 Å². The van der Waals surface area contributed by atoms with E-state index in [0.29, 0.717) is 6.42 Å². The Labute approximate surface area is 79.7 Å². The van der Waals surface area contributed by atoms with Crippen LogP contribution < -0.4 is 10.6 Å². The van der Waals surface area contributed by atoms with Crippen LogP contribution in [0, 0.1) is 6.54 Å². The van der Waals surface area contributed by atoms with Crippen LogP contribution in [-0.4, -0.2) is 30.7 Å². The molecule has 0 bridgehead atoms. The van der Waals surface area contributed by atoms with E-state index in [0.717, 1.165) is 19.4 Å². The molecule has 0 aliphatic rings. The van der Waals surface area contributed by atoms with Crippen molar-refractivity contribution in [1.82, 2.24) is 10.6 Å². The maximum absolute atomic E-state index is 10.7. The van der Waals surface area contributed by atoms with Gasteiger partial charge in [-0.05, 0) is 26.4 Å². The van der Waals surface area contributed by atoms with Crippen LogP contribution in [0.2, 0.25) is 0 Å². The summed E-state index contributed by atoms with van der Waals surface area (Å²) >= 11 is 0. The fraction of sp³-hybridized carbons (Fsp3) is 0.778. The van der Waals surface area contributed by atoms with Crippen molar-refractivity contribution in [1.29, 1.82) is 0 Å². The largest absolute Gasteiger partial charge is 0.480 e. The number of rotatable bonds is 8. The van der Waals surface area contributed by atoms with Crippen molar-refractivity contribution in [2.45, 2.75) is 32.2 Å². The summed E-state index contributed by atoms with van der Waals surface area (Å²) in [6.07, 6.45) is 2.63. The Kier molecular flexibility index (Phi) is 7.63. The van der Waals surface area contributed by atoms with E-state index in [-0.39, 0.29) is 0 Å². The predicted molar refractivity (Wildman–Crippen MR) is 52.3 cm³/mol. The van der Waals surface area contributed by atoms with Gasteiger partial charge >= 0.3 is 5.97 Å². The van der Waals surface area contributed by atoms with Gasteiger partial charge in [-0.3, -0.25) is 11.3 Å². The average molecular weight is 187 g/mol. The van der Waals surface area contributed by atoms with Crippen LogP contribution >= 0.6 is 0 Å². The van der Waals surface area contributed by atoms with Gasteiger partial charge in [0.1, 0.15) is 0 Å². The highest BCUT2D eigenvalue weighted by atomic mass is 16.4. The van der Waals surface area contributed by atoms with E-state index in [1.54, 1.807) is 13.5 Å². The van der Waals surface area contributed by atoms with Gasteiger partial charge in [-0.2, -0.15) is 6.92 Å². The minimum Gasteiger partial charge on any atom is -0.480 e. The van der Waals surface area contributed by atoms with E-state index in [4.69, 9.17) is 5.11 Å². The van der Waals surface area contributed by atoms with E-state index in [2.05, 4.69) is 10.6 Å². The van der Waals surface area contributed by atoms with Crippen molar-refractivity contribution >= 4 is 5.97 Å². The lowest BCUT2D eigenvalue weighted by atomic mass is 10.1. The first kappa shape index (κ1) is 12.4. The first-order valence-corrected chi connectivity index (χ1v) is 4.63. The molecule has 0 radical (unpaired) electrons. The van der Waals surface area contributed by atoms with Crippen molar-refractivity contribution in [3.05, 3.63) is 6.54 Å². The van der Waals surface area contributed by atoms with Crippen molar-refractivity contribution in [3.8, 4) is 0 Å². The molecule has 0 saturated heterocycles. The Morgan fingerprint density at radius 1 is 1.54 bits per heavy atom. The van der Waals surface area contributed by atoms with E-state index in [1.807, 2.05) is 7.05 Å². The minimum atomic E-state index is -0.775. The van der Waals surface area contributed by atoms with Crippen molar-refractivity contribution in [2.75, 3.05) is 13.6 Å². The molecule has 0 rings (SSSR count). The zero-order valence-corrected chi connectivity index (χ0v) is 8.34. The third-order valence-corrected chi connectivity index (χ3v) is 1.84. The van der Waals surface area contributed by atoms with Gasteiger partial charge in [-0.15, -0.1) is 0 Å². The SMILES string of the molecule is C[CH-]NC(CCCCNC)C(=O)O. The van der Waals surface area contributed by atoms with E-state index < -0.39 is 12.0 Å². The second kappa shape index (κ2) is 8.01. The Morgan fingerprint density at radius 2 is 2.23 bits per heavy atom. The number of carboxylic acid groups (broad SMARTS) is 1. The molecule has 1 unspecified atom stereocenters. The monoisotopic (exact) mass is 187 g/mol. The van der Waals surface area contributed by atoms with Gasteiger partial charge in [0.25, 0.3) is 0 Å². The summed E-state index contributed by atoms with van der Waals surface area (Å²) in [5.74, 6) is -0.775. The number of nitrogens with one attached hydrogen (secondary N) is 2. The molecule has 1 atom stereocenters. The molecule has 0 aliphatic heterocycles. The molecule has 0 aromatic rings. The second-order valence-corrected chi connectivity index (χ2v) is 2.95. The molecule has 3 N–H and O–H groups in total. The molecule has 0 amide bonds. The topological polar surface area (TPSA) is 61.4 Å². The maximum atomic E-state index is 10.7. The molecule has 0 saturated carbocycles. The summed E-state index contributed by atoms with van der Waals surface area (Å²) < 4.78 is 0. The number of aliphatic carboxylic acids is 1. The third-order valence-electron chi connectivity index (χ3n) is 1.84. The van der Waals surface area contributed by atoms with Crippen molar-refractivity contribution in [3.63, 3.8) is 0 Å². The normalized spacial score (nSPS) is 12.8. The lowest BCUT2D eigenvalue weighted by Gasteiger charge is -2.18. The molecule has 0 aromatic heterocycles. The lowest BCUT2D eigenvalue weighted by Crippen LogP contribution is -2.34. The molecule has 0 aliphatic carbocycles. The predicted octanol–water partition coefficient (Wildman–Crippen LogP) is 0.601. The Bertz CT molecular complexity index is 140. The zero-order valence-electron chi connectivity index (χ0n) is 8.34. The highest BCUT2D eigenvalue weighted by Crippen LogP contribution is 2.01. The molecule has 0 spiro atoms. The van der Waals surface area contributed by atoms with Crippen molar-refractivity contribution in [2.24, 2.45) is 0 Å². The van der Waals surface area contributed by atoms with Crippen LogP contribution in [0.1, 0.15) is 26.2 Å². The smallest absolute Gasteiger partial charge is 0.318 e. The maximum Gasteiger partial charge on any atom is 0.318 e. The molecule has 13 heavy (non-hydrogen) atoms. The Morgan fingerprint density at radius 3 is 2.69 bits per heavy atom. The summed E-state index contributed by atoms with van der Waals surface area (Å²) in [6.45, 7) is 4.42. The summed E-state index contributed by atoms with van der Waals surface area (Å²) in [4.78, 5) is 10.7. The molecule has 0 aromatic carbocycles. The van der Waals surface area contributed by atoms with E-state index in [9.17, 15) is 4.79 Å². The summed E-state index contributed by atoms with van der Waals surface area (Å²) in [7, 11) is 1.90. The first-order chi connectivity index (χ1) is 6.22. The molecule has 4 nitrogen and oxygen atoms in total. The first-order valence-electron chi connectivity index (χ1n) is 4.63. The van der Waals surface area contributed by atoms with Crippen LogP contribution in [0.3, 0.4) is 0 Å². The molecule has 4 heteroatoms. The number of hydrogen-bond donors (Lipinski definition) is 3. The van der Waals surface area contributed by atoms with E-state index in [1.165, 1.54) is 0 Å². The number of carboxylic acids is 1. The van der Waals surface area contributed by atoms with Crippen LogP contribution in [0.5, 0.6) is 0 Å². The van der Waals surface area contributed by atoms with Crippen LogP contribution in [0.4, 0.5) is 0 Å². The second-order valence-electron chi connectivity index (χ2n) is 2.95. The molecular weight excluding hydrogens is 168 g/mol. The number of carbonyl (C=O) groups is 1. The van der Waals surface area contributed by atoms with Crippen LogP contribution in [-0.2, 0) is 4.79 Å². The molecule has 0 heterocycles. The van der Waals surface area contributed by atoms with Gasteiger partial charge in [-0.1, -0.05) is 6.42 Å². The highest BCUT2D eigenvalue weighted by molar-refractivity contribution is 5.73. The highest BCUT2D eigenvalue weighted by Gasteiger charge is 2.11. The Hall–Kier alpha value is -0.610. The standard InChI is InChI=1S/C9H19N2O2/c1-3-11-8(9(12)13)6-4-5-7-10-2/h3,8,10-11H,4-7H2,1-2H3,(H,12,13)/q-1. The molecule has 78 valence electrons. The van der Waals surface area contributed by atoms with Crippen molar-refractivity contribution < 1.29 is 9.90 Å². The zero-order chi connectivity index (χ0) is 10.1. The summed E-state index contributed by atoms with van der Waals surface area (Å²) in [5.41, 5.74) is 0. The summed E-state index contributed by atoms with van der Waals surface area (Å²) in [5, 5.41) is 14.6. The summed E-state index contributed by atoms with van der Waals surface area (Å²) in [6, 6.07) is -0.429. The number of unbranched alkanes of at least 4 members (excludes halogenated alkanes) is 1. The van der Waals surface area contributed by atoms with Gasteiger partial charge < -0.3 is 15.7 Å². The number of hydrogen-bond acceptors (Lipinski definition) is 3. The molecular formula is C9H19N2O2-. The Balaban J connectivity index is 3.51. The van der Waals surface area contributed by atoms with Gasteiger partial charge in [0.2, 0.25) is 0 Å². The third kappa shape index (κ3) is 6.54. The average Bonchev–Trinajstić information content (AvgIpc) is 2.10. The lowest BCUT2D eigenvalue weighted by molar-refractivity contribution is -0.139. The van der Waals surface area contributed by atoms with E-state index >= 15 is 0 Å². The van der Waals surface area contributed by atoms with Gasteiger partial charge in [0.15, 0.2) is 0 Å². The quantitative estimate of drug-likeness (QED) is 0.385. The molecule has 0 fully saturated rings. The fourth-order valence-corrected chi connectivity index (χ4v) is 1.13.